The lowest BCUT2D eigenvalue weighted by Gasteiger charge is -2.36. The van der Waals surface area contributed by atoms with E-state index in [4.69, 9.17) is 9.47 Å². The molecule has 6 nitrogen and oxygen atoms in total. The Balaban J connectivity index is 1.43. The van der Waals surface area contributed by atoms with E-state index in [1.807, 2.05) is 64.4 Å². The second-order valence-corrected chi connectivity index (χ2v) is 7.79. The summed E-state index contributed by atoms with van der Waals surface area (Å²) in [5.41, 5.74) is 1.50. The number of hydrogen-bond acceptors (Lipinski definition) is 4. The van der Waals surface area contributed by atoms with Gasteiger partial charge >= 0.3 is 0 Å². The van der Waals surface area contributed by atoms with Gasteiger partial charge in [-0.15, -0.1) is 0 Å². The standard InChI is InChI=1S/C24H28N2O4/c27-23(25-13-15-29-16-14-25)19-8-6-12-26(17-19)24(28)22-11-5-4-7-20(22)18-30-21-9-2-1-3-10-21/h1-5,7,9-11,19H,6,8,12-18H2. The van der Waals surface area contributed by atoms with Crippen molar-refractivity contribution in [3.8, 4) is 5.75 Å². The normalized spacial score (nSPS) is 19.4. The zero-order chi connectivity index (χ0) is 20.8. The number of piperidine rings is 1. The fourth-order valence-electron chi connectivity index (χ4n) is 4.11. The lowest BCUT2D eigenvalue weighted by Crippen LogP contribution is -2.49. The quantitative estimate of drug-likeness (QED) is 0.763. The molecule has 2 aromatic rings. The van der Waals surface area contributed by atoms with Crippen molar-refractivity contribution in [3.05, 3.63) is 65.7 Å². The van der Waals surface area contributed by atoms with Crippen LogP contribution in [0.25, 0.3) is 0 Å². The molecule has 2 fully saturated rings. The van der Waals surface area contributed by atoms with E-state index in [2.05, 4.69) is 0 Å². The van der Waals surface area contributed by atoms with Gasteiger partial charge in [0.15, 0.2) is 0 Å². The van der Waals surface area contributed by atoms with E-state index in [9.17, 15) is 9.59 Å². The maximum absolute atomic E-state index is 13.3. The third-order valence-electron chi connectivity index (χ3n) is 5.77. The first-order chi connectivity index (χ1) is 14.7. The Hall–Kier alpha value is -2.86. The molecule has 2 aromatic carbocycles. The third kappa shape index (κ3) is 4.82. The van der Waals surface area contributed by atoms with Crippen LogP contribution in [0.1, 0.15) is 28.8 Å². The van der Waals surface area contributed by atoms with Crippen molar-refractivity contribution in [1.29, 1.82) is 0 Å². The van der Waals surface area contributed by atoms with Crippen molar-refractivity contribution >= 4 is 11.8 Å². The summed E-state index contributed by atoms with van der Waals surface area (Å²) in [6, 6.07) is 17.2. The van der Waals surface area contributed by atoms with Gasteiger partial charge in [0.1, 0.15) is 12.4 Å². The van der Waals surface area contributed by atoms with Crippen molar-refractivity contribution < 1.29 is 19.1 Å². The number of carbonyl (C=O) groups excluding carboxylic acids is 2. The highest BCUT2D eigenvalue weighted by atomic mass is 16.5. The van der Waals surface area contributed by atoms with Crippen LogP contribution < -0.4 is 4.74 Å². The van der Waals surface area contributed by atoms with Gasteiger partial charge in [-0.3, -0.25) is 9.59 Å². The van der Waals surface area contributed by atoms with Gasteiger partial charge in [-0.05, 0) is 31.0 Å². The van der Waals surface area contributed by atoms with Crippen LogP contribution in [0, 0.1) is 5.92 Å². The Morgan fingerprint density at radius 3 is 2.47 bits per heavy atom. The SMILES string of the molecule is O=C(c1ccccc1COc1ccccc1)N1CCCC(C(=O)N2CCOCC2)C1. The summed E-state index contributed by atoms with van der Waals surface area (Å²) in [4.78, 5) is 29.9. The largest absolute Gasteiger partial charge is 0.489 e. The van der Waals surface area contributed by atoms with Crippen molar-refractivity contribution in [1.82, 2.24) is 9.80 Å². The topological polar surface area (TPSA) is 59.1 Å². The summed E-state index contributed by atoms with van der Waals surface area (Å²) < 4.78 is 11.2. The number of morpholine rings is 1. The Kier molecular flexibility index (Phi) is 6.64. The van der Waals surface area contributed by atoms with Crippen molar-refractivity contribution in [2.75, 3.05) is 39.4 Å². The van der Waals surface area contributed by atoms with Crippen LogP contribution in [0.15, 0.2) is 54.6 Å². The van der Waals surface area contributed by atoms with Gasteiger partial charge in [0, 0.05) is 37.3 Å². The van der Waals surface area contributed by atoms with Gasteiger partial charge in [-0.2, -0.15) is 0 Å². The summed E-state index contributed by atoms with van der Waals surface area (Å²) in [6.07, 6.45) is 1.67. The van der Waals surface area contributed by atoms with Gasteiger partial charge in [0.2, 0.25) is 5.91 Å². The second kappa shape index (κ2) is 9.76. The van der Waals surface area contributed by atoms with Gasteiger partial charge in [-0.25, -0.2) is 0 Å². The molecule has 0 bridgehead atoms. The lowest BCUT2D eigenvalue weighted by atomic mass is 9.95. The van der Waals surface area contributed by atoms with Gasteiger partial charge in [0.05, 0.1) is 19.1 Å². The van der Waals surface area contributed by atoms with E-state index in [1.54, 1.807) is 0 Å². The molecule has 0 N–H and O–H groups in total. The highest BCUT2D eigenvalue weighted by molar-refractivity contribution is 5.96. The van der Waals surface area contributed by atoms with E-state index in [-0.39, 0.29) is 17.7 Å². The number of carbonyl (C=O) groups is 2. The highest BCUT2D eigenvalue weighted by Crippen LogP contribution is 2.23. The van der Waals surface area contributed by atoms with Crippen LogP contribution in [0.4, 0.5) is 0 Å². The third-order valence-corrected chi connectivity index (χ3v) is 5.77. The van der Waals surface area contributed by atoms with E-state index < -0.39 is 0 Å². The molecular weight excluding hydrogens is 380 g/mol. The molecule has 0 aromatic heterocycles. The van der Waals surface area contributed by atoms with Crippen LogP contribution in [0.2, 0.25) is 0 Å². The predicted molar refractivity (Wildman–Crippen MR) is 113 cm³/mol. The summed E-state index contributed by atoms with van der Waals surface area (Å²) >= 11 is 0. The molecule has 30 heavy (non-hydrogen) atoms. The van der Waals surface area contributed by atoms with Crippen LogP contribution in [-0.4, -0.2) is 61.0 Å². The molecule has 4 rings (SSSR count). The van der Waals surface area contributed by atoms with E-state index in [1.165, 1.54) is 0 Å². The highest BCUT2D eigenvalue weighted by Gasteiger charge is 2.32. The molecule has 2 heterocycles. The van der Waals surface area contributed by atoms with Gasteiger partial charge in [0.25, 0.3) is 5.91 Å². The number of benzene rings is 2. The van der Waals surface area contributed by atoms with Crippen molar-refractivity contribution in [2.45, 2.75) is 19.4 Å². The zero-order valence-corrected chi connectivity index (χ0v) is 17.2. The number of likely N-dealkylation sites (tertiary alicyclic amines) is 1. The molecule has 2 amide bonds. The van der Waals surface area contributed by atoms with Crippen LogP contribution in [0.3, 0.4) is 0 Å². The summed E-state index contributed by atoms with van der Waals surface area (Å²) in [7, 11) is 0. The Labute approximate surface area is 177 Å². The molecular formula is C24H28N2O4. The smallest absolute Gasteiger partial charge is 0.254 e. The minimum absolute atomic E-state index is 0.0262. The second-order valence-electron chi connectivity index (χ2n) is 7.79. The van der Waals surface area contributed by atoms with Gasteiger partial charge < -0.3 is 19.3 Å². The Morgan fingerprint density at radius 2 is 1.67 bits per heavy atom. The number of amides is 2. The van der Waals surface area contributed by atoms with E-state index in [0.717, 1.165) is 24.2 Å². The number of nitrogens with zero attached hydrogens (tertiary/aromatic N) is 2. The number of para-hydroxylation sites is 1. The molecule has 1 atom stereocenters. The zero-order valence-electron chi connectivity index (χ0n) is 17.2. The Bertz CT molecular complexity index is 865. The van der Waals surface area contributed by atoms with Gasteiger partial charge in [-0.1, -0.05) is 36.4 Å². The maximum atomic E-state index is 13.3. The maximum Gasteiger partial charge on any atom is 0.254 e. The first kappa shape index (κ1) is 20.4. The average molecular weight is 408 g/mol. The molecule has 2 aliphatic rings. The molecule has 0 spiro atoms. The molecule has 2 aliphatic heterocycles. The number of ether oxygens (including phenoxy) is 2. The predicted octanol–water partition coefficient (Wildman–Crippen LogP) is 2.98. The molecule has 0 saturated carbocycles. The monoisotopic (exact) mass is 408 g/mol. The van der Waals surface area contributed by atoms with Crippen LogP contribution >= 0.6 is 0 Å². The number of rotatable bonds is 5. The fraction of sp³-hybridized carbons (Fsp3) is 0.417. The minimum Gasteiger partial charge on any atom is -0.489 e. The molecule has 1 unspecified atom stereocenters. The molecule has 0 radical (unpaired) electrons. The first-order valence-corrected chi connectivity index (χ1v) is 10.6. The molecule has 158 valence electrons. The first-order valence-electron chi connectivity index (χ1n) is 10.6. The van der Waals surface area contributed by atoms with Crippen LogP contribution in [0.5, 0.6) is 5.75 Å². The molecule has 0 aliphatic carbocycles. The molecule has 6 heteroatoms. The summed E-state index contributed by atoms with van der Waals surface area (Å²) in [5, 5.41) is 0. The Morgan fingerprint density at radius 1 is 0.933 bits per heavy atom. The fourth-order valence-corrected chi connectivity index (χ4v) is 4.11. The van der Waals surface area contributed by atoms with Crippen LogP contribution in [-0.2, 0) is 16.1 Å². The number of hydrogen-bond donors (Lipinski definition) is 0. The van der Waals surface area contributed by atoms with Crippen molar-refractivity contribution in [2.24, 2.45) is 5.92 Å². The molecule has 2 saturated heterocycles. The van der Waals surface area contributed by atoms with Crippen molar-refractivity contribution in [3.63, 3.8) is 0 Å². The lowest BCUT2D eigenvalue weighted by molar-refractivity contribution is -0.141. The minimum atomic E-state index is -0.131. The summed E-state index contributed by atoms with van der Waals surface area (Å²) in [5.74, 6) is 0.765. The van der Waals surface area contributed by atoms with E-state index >= 15 is 0 Å². The average Bonchev–Trinajstić information content (AvgIpc) is 2.83. The summed E-state index contributed by atoms with van der Waals surface area (Å²) in [6.45, 7) is 3.95. The van der Waals surface area contributed by atoms with E-state index in [0.29, 0.717) is 51.6 Å².